The topological polar surface area (TPSA) is 59.1 Å². The van der Waals surface area contributed by atoms with E-state index in [0.717, 1.165) is 11.3 Å². The van der Waals surface area contributed by atoms with Crippen molar-refractivity contribution in [2.75, 3.05) is 33.4 Å². The zero-order chi connectivity index (χ0) is 17.8. The highest BCUT2D eigenvalue weighted by Crippen LogP contribution is 2.26. The van der Waals surface area contributed by atoms with Gasteiger partial charge in [0.1, 0.15) is 5.75 Å². The molecule has 1 aromatic rings. The van der Waals surface area contributed by atoms with Crippen molar-refractivity contribution >= 4 is 11.8 Å². The molecular formula is C19H26N2O4. The van der Waals surface area contributed by atoms with Crippen LogP contribution in [0.3, 0.4) is 0 Å². The molecule has 6 nitrogen and oxygen atoms in total. The van der Waals surface area contributed by atoms with Crippen molar-refractivity contribution in [2.24, 2.45) is 5.92 Å². The van der Waals surface area contributed by atoms with Gasteiger partial charge in [-0.25, -0.2) is 0 Å². The third-order valence-electron chi connectivity index (χ3n) is 5.07. The lowest BCUT2D eigenvalue weighted by molar-refractivity contribution is -0.145. The fourth-order valence-corrected chi connectivity index (χ4v) is 3.59. The number of carbonyl (C=O) groups is 2. The third-order valence-corrected chi connectivity index (χ3v) is 5.07. The second kappa shape index (κ2) is 7.87. The number of ether oxygens (including phenoxy) is 2. The van der Waals surface area contributed by atoms with Crippen molar-refractivity contribution in [3.8, 4) is 5.75 Å². The summed E-state index contributed by atoms with van der Waals surface area (Å²) in [5, 5.41) is 0. The van der Waals surface area contributed by atoms with E-state index in [9.17, 15) is 9.59 Å². The predicted octanol–water partition coefficient (Wildman–Crippen LogP) is 1.68. The quantitative estimate of drug-likeness (QED) is 0.832. The summed E-state index contributed by atoms with van der Waals surface area (Å²) in [7, 11) is 1.64. The first-order valence-electron chi connectivity index (χ1n) is 8.93. The Bertz CT molecular complexity index is 616. The number of amides is 2. The van der Waals surface area contributed by atoms with E-state index in [1.54, 1.807) is 7.11 Å². The Labute approximate surface area is 148 Å². The van der Waals surface area contributed by atoms with Crippen molar-refractivity contribution in [1.82, 2.24) is 9.80 Å². The maximum atomic E-state index is 13.0. The number of benzene rings is 1. The van der Waals surface area contributed by atoms with Gasteiger partial charge in [-0.15, -0.1) is 0 Å². The van der Waals surface area contributed by atoms with Gasteiger partial charge in [0.15, 0.2) is 0 Å². The van der Waals surface area contributed by atoms with Crippen LogP contribution < -0.4 is 4.74 Å². The van der Waals surface area contributed by atoms with E-state index < -0.39 is 0 Å². The molecule has 1 aromatic carbocycles. The number of piperidine rings is 1. The number of rotatable bonds is 4. The Morgan fingerprint density at radius 2 is 2.04 bits per heavy atom. The molecule has 2 aliphatic heterocycles. The van der Waals surface area contributed by atoms with Crippen LogP contribution in [-0.2, 0) is 20.9 Å². The van der Waals surface area contributed by atoms with Crippen LogP contribution in [0.5, 0.6) is 5.75 Å². The predicted molar refractivity (Wildman–Crippen MR) is 93.1 cm³/mol. The monoisotopic (exact) mass is 346 g/mol. The van der Waals surface area contributed by atoms with E-state index in [0.29, 0.717) is 45.6 Å². The summed E-state index contributed by atoms with van der Waals surface area (Å²) in [6.45, 7) is 4.70. The molecule has 0 unspecified atom stereocenters. The Hall–Kier alpha value is -2.08. The van der Waals surface area contributed by atoms with E-state index in [-0.39, 0.29) is 23.8 Å². The highest BCUT2D eigenvalue weighted by atomic mass is 16.5. The summed E-state index contributed by atoms with van der Waals surface area (Å²) in [5.41, 5.74) is 1.08. The van der Waals surface area contributed by atoms with Crippen LogP contribution >= 0.6 is 0 Å². The van der Waals surface area contributed by atoms with E-state index in [4.69, 9.17) is 9.47 Å². The van der Waals surface area contributed by atoms with Crippen LogP contribution in [0.2, 0.25) is 0 Å². The molecule has 0 saturated carbocycles. The molecule has 2 aliphatic rings. The fraction of sp³-hybridized carbons (Fsp3) is 0.579. The van der Waals surface area contributed by atoms with E-state index in [2.05, 4.69) is 0 Å². The van der Waals surface area contributed by atoms with Crippen LogP contribution in [0.1, 0.15) is 25.3 Å². The summed E-state index contributed by atoms with van der Waals surface area (Å²) in [6, 6.07) is 7.79. The van der Waals surface area contributed by atoms with Gasteiger partial charge in [-0.3, -0.25) is 9.59 Å². The summed E-state index contributed by atoms with van der Waals surface area (Å²) < 4.78 is 11.1. The first-order valence-corrected chi connectivity index (χ1v) is 8.93. The highest BCUT2D eigenvalue weighted by molar-refractivity contribution is 5.81. The van der Waals surface area contributed by atoms with Crippen molar-refractivity contribution < 1.29 is 19.1 Å². The summed E-state index contributed by atoms with van der Waals surface area (Å²) in [6.07, 6.45) is 0.987. The average molecular weight is 346 g/mol. The molecule has 25 heavy (non-hydrogen) atoms. The van der Waals surface area contributed by atoms with E-state index in [1.807, 2.05) is 41.0 Å². The van der Waals surface area contributed by atoms with Crippen LogP contribution in [0.4, 0.5) is 0 Å². The zero-order valence-corrected chi connectivity index (χ0v) is 14.9. The Balaban J connectivity index is 1.66. The lowest BCUT2D eigenvalue weighted by Crippen LogP contribution is -2.50. The molecule has 3 rings (SSSR count). The average Bonchev–Trinajstić information content (AvgIpc) is 2.80. The molecular weight excluding hydrogens is 320 g/mol. The maximum Gasteiger partial charge on any atom is 0.228 e. The van der Waals surface area contributed by atoms with Crippen LogP contribution in [0.15, 0.2) is 24.3 Å². The molecule has 0 radical (unpaired) electrons. The van der Waals surface area contributed by atoms with Crippen molar-refractivity contribution in [2.45, 2.75) is 32.4 Å². The molecule has 6 heteroatoms. The zero-order valence-electron chi connectivity index (χ0n) is 14.9. The SMILES string of the molecule is CCC(=O)N1CC[C@H]2C(=O)N(Cc3ccc(OC)cc3)CCO[C@H]2C1. The van der Waals surface area contributed by atoms with Gasteiger partial charge in [0, 0.05) is 32.6 Å². The van der Waals surface area contributed by atoms with Gasteiger partial charge in [-0.2, -0.15) is 0 Å². The highest BCUT2D eigenvalue weighted by Gasteiger charge is 2.40. The van der Waals surface area contributed by atoms with Gasteiger partial charge in [0.05, 0.1) is 25.7 Å². The largest absolute Gasteiger partial charge is 0.497 e. The lowest BCUT2D eigenvalue weighted by atomic mass is 9.92. The van der Waals surface area contributed by atoms with Crippen molar-refractivity contribution in [3.05, 3.63) is 29.8 Å². The molecule has 0 N–H and O–H groups in total. The molecule has 0 bridgehead atoms. The number of hydrogen-bond donors (Lipinski definition) is 0. The van der Waals surface area contributed by atoms with E-state index >= 15 is 0 Å². The number of carbonyl (C=O) groups excluding carboxylic acids is 2. The van der Waals surface area contributed by atoms with Gasteiger partial charge in [0.25, 0.3) is 0 Å². The molecule has 136 valence electrons. The minimum absolute atomic E-state index is 0.133. The third kappa shape index (κ3) is 3.95. The minimum Gasteiger partial charge on any atom is -0.497 e. The minimum atomic E-state index is -0.183. The Morgan fingerprint density at radius 1 is 1.28 bits per heavy atom. The fourth-order valence-electron chi connectivity index (χ4n) is 3.59. The number of hydrogen-bond acceptors (Lipinski definition) is 4. The number of methoxy groups -OCH3 is 1. The Kier molecular flexibility index (Phi) is 5.58. The summed E-state index contributed by atoms with van der Waals surface area (Å²) in [5.74, 6) is 0.930. The molecule has 2 atom stereocenters. The molecule has 2 heterocycles. The smallest absolute Gasteiger partial charge is 0.228 e. The van der Waals surface area contributed by atoms with Crippen molar-refractivity contribution in [3.63, 3.8) is 0 Å². The number of likely N-dealkylation sites (tertiary alicyclic amines) is 1. The van der Waals surface area contributed by atoms with Crippen LogP contribution in [-0.4, -0.2) is 61.1 Å². The summed E-state index contributed by atoms with van der Waals surface area (Å²) in [4.78, 5) is 28.6. The van der Waals surface area contributed by atoms with Gasteiger partial charge in [0.2, 0.25) is 11.8 Å². The first kappa shape index (κ1) is 17.7. The van der Waals surface area contributed by atoms with Gasteiger partial charge in [-0.1, -0.05) is 19.1 Å². The van der Waals surface area contributed by atoms with Crippen LogP contribution in [0.25, 0.3) is 0 Å². The lowest BCUT2D eigenvalue weighted by Gasteiger charge is -2.37. The second-order valence-electron chi connectivity index (χ2n) is 6.61. The number of nitrogens with zero attached hydrogens (tertiary/aromatic N) is 2. The Morgan fingerprint density at radius 3 is 2.72 bits per heavy atom. The molecule has 0 aromatic heterocycles. The molecule has 2 fully saturated rings. The van der Waals surface area contributed by atoms with Gasteiger partial charge in [-0.05, 0) is 24.1 Å². The first-order chi connectivity index (χ1) is 12.1. The van der Waals surface area contributed by atoms with E-state index in [1.165, 1.54) is 0 Å². The van der Waals surface area contributed by atoms with Crippen molar-refractivity contribution in [1.29, 1.82) is 0 Å². The van der Waals surface area contributed by atoms with Gasteiger partial charge < -0.3 is 19.3 Å². The number of fused-ring (bicyclic) bond motifs is 1. The molecule has 2 amide bonds. The molecule has 2 saturated heterocycles. The normalized spacial score (nSPS) is 23.8. The maximum absolute atomic E-state index is 13.0. The van der Waals surface area contributed by atoms with Crippen LogP contribution in [0, 0.1) is 5.92 Å². The molecule has 0 aliphatic carbocycles. The molecule has 0 spiro atoms. The van der Waals surface area contributed by atoms with Gasteiger partial charge >= 0.3 is 0 Å². The standard InChI is InChI=1S/C19H26N2O4/c1-3-18(22)20-9-8-16-17(13-20)25-11-10-21(19(16)23)12-14-4-6-15(24-2)7-5-14/h4-7,16-17H,3,8-13H2,1-2H3/t16-,17+/m1/s1. The second-order valence-corrected chi connectivity index (χ2v) is 6.61. The summed E-state index contributed by atoms with van der Waals surface area (Å²) >= 11 is 0.